The van der Waals surface area contributed by atoms with E-state index in [-0.39, 0.29) is 0 Å². The van der Waals surface area contributed by atoms with Gasteiger partial charge < -0.3 is 0 Å². The molecule has 0 aliphatic rings. The standard InChI is InChI=1S/C33H25P/c1-34-27-16-10-14-25(22-27)24-13-9-15-26(21-24)33-30-19-7-5-17-28(30)32(23-11-3-2-4-12-23)29-18-6-8-20-31(29)33/h2-22,34H,1H3. The Morgan fingerprint density at radius 3 is 1.41 bits per heavy atom. The van der Waals surface area contributed by atoms with E-state index in [1.165, 1.54) is 60.2 Å². The summed E-state index contributed by atoms with van der Waals surface area (Å²) in [6, 6.07) is 46.4. The first kappa shape index (κ1) is 20.8. The molecule has 0 aromatic heterocycles. The van der Waals surface area contributed by atoms with Crippen LogP contribution in [0.3, 0.4) is 0 Å². The molecule has 0 saturated carbocycles. The molecule has 0 saturated heterocycles. The van der Waals surface area contributed by atoms with Gasteiger partial charge in [0.15, 0.2) is 0 Å². The van der Waals surface area contributed by atoms with Crippen molar-refractivity contribution in [1.82, 2.24) is 0 Å². The fourth-order valence-electron chi connectivity index (χ4n) is 5.06. The zero-order chi connectivity index (χ0) is 22.9. The Balaban J connectivity index is 1.67. The van der Waals surface area contributed by atoms with Crippen molar-refractivity contribution in [2.75, 3.05) is 6.66 Å². The van der Waals surface area contributed by atoms with Crippen LogP contribution in [0.15, 0.2) is 127 Å². The van der Waals surface area contributed by atoms with Gasteiger partial charge in [0.1, 0.15) is 0 Å². The monoisotopic (exact) mass is 452 g/mol. The van der Waals surface area contributed by atoms with Crippen LogP contribution in [0.25, 0.3) is 54.9 Å². The lowest BCUT2D eigenvalue weighted by Gasteiger charge is -2.18. The quantitative estimate of drug-likeness (QED) is 0.185. The van der Waals surface area contributed by atoms with Gasteiger partial charge in [-0.25, -0.2) is 0 Å². The molecule has 1 unspecified atom stereocenters. The molecule has 1 heteroatoms. The van der Waals surface area contributed by atoms with E-state index < -0.39 is 0 Å². The van der Waals surface area contributed by atoms with Crippen molar-refractivity contribution in [3.8, 4) is 33.4 Å². The minimum Gasteiger partial charge on any atom is -0.0936 e. The molecule has 0 amide bonds. The molecule has 0 fully saturated rings. The van der Waals surface area contributed by atoms with E-state index in [9.17, 15) is 0 Å². The van der Waals surface area contributed by atoms with Gasteiger partial charge in [-0.15, -0.1) is 0 Å². The van der Waals surface area contributed by atoms with Gasteiger partial charge in [0, 0.05) is 0 Å². The van der Waals surface area contributed by atoms with E-state index in [0.717, 1.165) is 8.58 Å². The fraction of sp³-hybridized carbons (Fsp3) is 0.0303. The van der Waals surface area contributed by atoms with Crippen LogP contribution >= 0.6 is 8.58 Å². The smallest absolute Gasteiger partial charge is 0.00262 e. The Morgan fingerprint density at radius 1 is 0.382 bits per heavy atom. The number of hydrogen-bond donors (Lipinski definition) is 0. The van der Waals surface area contributed by atoms with Gasteiger partial charge in [0.2, 0.25) is 0 Å². The minimum absolute atomic E-state index is 0.800. The van der Waals surface area contributed by atoms with Crippen molar-refractivity contribution < 1.29 is 0 Å². The average Bonchev–Trinajstić information content (AvgIpc) is 2.92. The van der Waals surface area contributed by atoms with Gasteiger partial charge >= 0.3 is 0 Å². The topological polar surface area (TPSA) is 0 Å². The van der Waals surface area contributed by atoms with Crippen LogP contribution < -0.4 is 5.30 Å². The van der Waals surface area contributed by atoms with E-state index in [2.05, 4.69) is 134 Å². The maximum Gasteiger partial charge on any atom is -0.00262 e. The Labute approximate surface area is 202 Å². The predicted octanol–water partition coefficient (Wildman–Crippen LogP) is 8.93. The van der Waals surface area contributed by atoms with Crippen LogP contribution in [0, 0.1) is 0 Å². The van der Waals surface area contributed by atoms with Crippen molar-refractivity contribution in [1.29, 1.82) is 0 Å². The summed E-state index contributed by atoms with van der Waals surface area (Å²) in [5, 5.41) is 6.57. The highest BCUT2D eigenvalue weighted by molar-refractivity contribution is 7.46. The molecule has 0 radical (unpaired) electrons. The fourth-order valence-corrected chi connectivity index (χ4v) is 5.63. The van der Waals surface area contributed by atoms with Crippen molar-refractivity contribution in [2.24, 2.45) is 0 Å². The molecule has 34 heavy (non-hydrogen) atoms. The van der Waals surface area contributed by atoms with Crippen LogP contribution in [0.1, 0.15) is 0 Å². The number of benzene rings is 6. The number of rotatable bonds is 4. The van der Waals surface area contributed by atoms with E-state index in [0.29, 0.717) is 0 Å². The van der Waals surface area contributed by atoms with Gasteiger partial charge in [-0.05, 0) is 79.0 Å². The summed E-state index contributed by atoms with van der Waals surface area (Å²) in [7, 11) is 0.800. The lowest BCUT2D eigenvalue weighted by molar-refractivity contribution is 1.62. The largest absolute Gasteiger partial charge is 0.0936 e. The maximum atomic E-state index is 2.36. The van der Waals surface area contributed by atoms with Crippen molar-refractivity contribution >= 4 is 35.4 Å². The summed E-state index contributed by atoms with van der Waals surface area (Å²) in [6.45, 7) is 2.24. The molecular formula is C33H25P. The predicted molar refractivity (Wildman–Crippen MR) is 152 cm³/mol. The summed E-state index contributed by atoms with van der Waals surface area (Å²) in [4.78, 5) is 0. The highest BCUT2D eigenvalue weighted by Gasteiger charge is 2.16. The molecule has 162 valence electrons. The van der Waals surface area contributed by atoms with Gasteiger partial charge in [0.25, 0.3) is 0 Å². The first-order valence-corrected chi connectivity index (χ1v) is 13.2. The molecule has 6 aromatic carbocycles. The van der Waals surface area contributed by atoms with Crippen molar-refractivity contribution in [3.05, 3.63) is 127 Å². The second kappa shape index (κ2) is 8.90. The first-order chi connectivity index (χ1) is 16.8. The SMILES string of the molecule is CPc1cccc(-c2cccc(-c3c4ccccc4c(-c4ccccc4)c4ccccc34)c2)c1. The maximum absolute atomic E-state index is 2.36. The zero-order valence-electron chi connectivity index (χ0n) is 19.1. The molecule has 0 aliphatic heterocycles. The van der Waals surface area contributed by atoms with Gasteiger partial charge in [-0.1, -0.05) is 124 Å². The normalized spacial score (nSPS) is 11.6. The van der Waals surface area contributed by atoms with Crippen LogP contribution in [0.5, 0.6) is 0 Å². The summed E-state index contributed by atoms with van der Waals surface area (Å²) in [6.07, 6.45) is 0. The summed E-state index contributed by atoms with van der Waals surface area (Å²) >= 11 is 0. The second-order valence-electron chi connectivity index (χ2n) is 8.62. The molecular weight excluding hydrogens is 427 g/mol. The van der Waals surface area contributed by atoms with E-state index in [1.807, 2.05) is 0 Å². The van der Waals surface area contributed by atoms with Gasteiger partial charge in [0.05, 0.1) is 0 Å². The summed E-state index contributed by atoms with van der Waals surface area (Å²) in [5.74, 6) is 0. The summed E-state index contributed by atoms with van der Waals surface area (Å²) in [5.41, 5.74) is 7.67. The Bertz CT molecular complexity index is 1570. The molecule has 0 heterocycles. The Kier molecular flexibility index (Phi) is 5.46. The van der Waals surface area contributed by atoms with Crippen LogP contribution in [0.2, 0.25) is 0 Å². The Hall–Kier alpha value is -3.73. The van der Waals surface area contributed by atoms with Gasteiger partial charge in [-0.3, -0.25) is 0 Å². The molecule has 6 rings (SSSR count). The molecule has 0 aliphatic carbocycles. The van der Waals surface area contributed by atoms with Crippen LogP contribution in [0.4, 0.5) is 0 Å². The van der Waals surface area contributed by atoms with E-state index in [4.69, 9.17) is 0 Å². The summed E-state index contributed by atoms with van der Waals surface area (Å²) < 4.78 is 0. The molecule has 0 spiro atoms. The molecule has 1 atom stereocenters. The van der Waals surface area contributed by atoms with Gasteiger partial charge in [-0.2, -0.15) is 0 Å². The molecule has 0 bridgehead atoms. The highest BCUT2D eigenvalue weighted by atomic mass is 31.1. The zero-order valence-corrected chi connectivity index (χ0v) is 20.1. The van der Waals surface area contributed by atoms with Crippen molar-refractivity contribution in [2.45, 2.75) is 0 Å². The third-order valence-corrected chi connectivity index (χ3v) is 7.52. The van der Waals surface area contributed by atoms with E-state index >= 15 is 0 Å². The lowest BCUT2D eigenvalue weighted by Crippen LogP contribution is -1.93. The number of hydrogen-bond acceptors (Lipinski definition) is 0. The van der Waals surface area contributed by atoms with E-state index in [1.54, 1.807) is 0 Å². The molecule has 0 N–H and O–H groups in total. The average molecular weight is 453 g/mol. The number of fused-ring (bicyclic) bond motifs is 2. The van der Waals surface area contributed by atoms with Crippen LogP contribution in [-0.2, 0) is 0 Å². The molecule has 6 aromatic rings. The molecule has 0 nitrogen and oxygen atoms in total. The van der Waals surface area contributed by atoms with Crippen molar-refractivity contribution in [3.63, 3.8) is 0 Å². The third kappa shape index (κ3) is 3.61. The first-order valence-electron chi connectivity index (χ1n) is 11.7. The minimum atomic E-state index is 0.800. The third-order valence-electron chi connectivity index (χ3n) is 6.63. The lowest BCUT2D eigenvalue weighted by atomic mass is 9.85. The Morgan fingerprint density at radius 2 is 0.824 bits per heavy atom. The highest BCUT2D eigenvalue weighted by Crippen LogP contribution is 2.43. The van der Waals surface area contributed by atoms with Crippen LogP contribution in [-0.4, -0.2) is 6.66 Å². The second-order valence-corrected chi connectivity index (χ2v) is 9.70.